The summed E-state index contributed by atoms with van der Waals surface area (Å²) < 4.78 is 5.35. The molecule has 0 aliphatic heterocycles. The van der Waals surface area contributed by atoms with E-state index in [0.717, 1.165) is 19.3 Å². The summed E-state index contributed by atoms with van der Waals surface area (Å²) >= 11 is 0. The summed E-state index contributed by atoms with van der Waals surface area (Å²) in [6.45, 7) is 9.19. The van der Waals surface area contributed by atoms with Gasteiger partial charge in [0, 0.05) is 19.3 Å². The summed E-state index contributed by atoms with van der Waals surface area (Å²) in [5, 5.41) is 0. The van der Waals surface area contributed by atoms with Crippen molar-refractivity contribution < 1.29 is 14.3 Å². The van der Waals surface area contributed by atoms with Gasteiger partial charge in [-0.15, -0.1) is 0 Å². The summed E-state index contributed by atoms with van der Waals surface area (Å²) in [7, 11) is 0. The number of hydrogen-bond acceptors (Lipinski definition) is 3. The van der Waals surface area contributed by atoms with Crippen molar-refractivity contribution in [2.24, 2.45) is 46.3 Å². The summed E-state index contributed by atoms with van der Waals surface area (Å²) in [5.41, 5.74) is 0.478. The molecule has 0 unspecified atom stereocenters. The molecule has 0 spiro atoms. The minimum absolute atomic E-state index is 0.174. The number of ether oxygens (including phenoxy) is 1. The van der Waals surface area contributed by atoms with Crippen LogP contribution >= 0.6 is 0 Å². The second-order valence-electron chi connectivity index (χ2n) is 10.5. The largest absolute Gasteiger partial charge is 0.466 e. The number of ketones is 1. The van der Waals surface area contributed by atoms with Gasteiger partial charge in [0.05, 0.1) is 6.61 Å². The monoisotopic (exact) mass is 372 g/mol. The molecule has 0 radical (unpaired) electrons. The maximum absolute atomic E-state index is 13.1. The molecule has 0 aromatic rings. The highest BCUT2D eigenvalue weighted by atomic mass is 16.5. The number of carbonyl (C=O) groups excluding carboxylic acids is 2. The van der Waals surface area contributed by atoms with E-state index in [0.29, 0.717) is 47.4 Å². The molecule has 27 heavy (non-hydrogen) atoms. The number of esters is 1. The fourth-order valence-electron chi connectivity index (χ4n) is 8.00. The van der Waals surface area contributed by atoms with Gasteiger partial charge >= 0.3 is 5.97 Å². The number of carbonyl (C=O) groups is 2. The maximum atomic E-state index is 13.1. The Kier molecular flexibility index (Phi) is 4.79. The Labute approximate surface area is 164 Å². The molecular weight excluding hydrogens is 336 g/mol. The van der Waals surface area contributed by atoms with Crippen LogP contribution in [-0.2, 0) is 14.3 Å². The van der Waals surface area contributed by atoms with Crippen LogP contribution in [-0.4, -0.2) is 18.4 Å². The second kappa shape index (κ2) is 6.74. The van der Waals surface area contributed by atoms with E-state index < -0.39 is 0 Å². The molecule has 3 saturated carbocycles. The molecule has 0 aromatic carbocycles. The molecular formula is C24H36O3. The van der Waals surface area contributed by atoms with Gasteiger partial charge in [-0.25, -0.2) is 0 Å². The lowest BCUT2D eigenvalue weighted by Crippen LogP contribution is -2.55. The number of hydrogen-bond donors (Lipinski definition) is 0. The van der Waals surface area contributed by atoms with Gasteiger partial charge in [-0.05, 0) is 78.9 Å². The van der Waals surface area contributed by atoms with Crippen LogP contribution in [0.2, 0.25) is 0 Å². The molecule has 0 saturated heterocycles. The zero-order valence-electron chi connectivity index (χ0n) is 17.5. The van der Waals surface area contributed by atoms with Gasteiger partial charge in [-0.2, -0.15) is 0 Å². The molecule has 0 bridgehead atoms. The van der Waals surface area contributed by atoms with Crippen molar-refractivity contribution in [1.29, 1.82) is 0 Å². The number of rotatable bonds is 3. The average Bonchev–Trinajstić information content (AvgIpc) is 2.97. The zero-order chi connectivity index (χ0) is 19.4. The average molecular weight is 373 g/mol. The molecule has 8 atom stereocenters. The van der Waals surface area contributed by atoms with E-state index in [-0.39, 0.29) is 17.3 Å². The Morgan fingerprint density at radius 3 is 2.67 bits per heavy atom. The minimum Gasteiger partial charge on any atom is -0.466 e. The third kappa shape index (κ3) is 2.91. The molecule has 0 amide bonds. The van der Waals surface area contributed by atoms with Crippen LogP contribution in [0.15, 0.2) is 12.2 Å². The number of fused-ring (bicyclic) bond motifs is 5. The number of Topliss-reactive ketones (excluding diaryl/α,β-unsaturated/α-hetero) is 1. The first-order chi connectivity index (χ1) is 12.8. The lowest BCUT2D eigenvalue weighted by molar-refractivity contribution is -0.151. The molecule has 4 aliphatic carbocycles. The Morgan fingerprint density at radius 2 is 1.93 bits per heavy atom. The maximum Gasteiger partial charge on any atom is 0.302 e. The van der Waals surface area contributed by atoms with E-state index in [1.165, 1.54) is 32.6 Å². The van der Waals surface area contributed by atoms with Crippen molar-refractivity contribution in [3.05, 3.63) is 12.2 Å². The van der Waals surface area contributed by atoms with Crippen LogP contribution in [0, 0.1) is 46.3 Å². The molecule has 4 rings (SSSR count). The lowest BCUT2D eigenvalue weighted by atomic mass is 9.45. The van der Waals surface area contributed by atoms with Gasteiger partial charge in [-0.3, -0.25) is 9.59 Å². The van der Waals surface area contributed by atoms with Gasteiger partial charge in [0.1, 0.15) is 5.78 Å². The van der Waals surface area contributed by atoms with Crippen LogP contribution in [0.5, 0.6) is 0 Å². The van der Waals surface area contributed by atoms with Gasteiger partial charge in [0.25, 0.3) is 0 Å². The van der Waals surface area contributed by atoms with Crippen molar-refractivity contribution in [3.63, 3.8) is 0 Å². The van der Waals surface area contributed by atoms with Crippen LogP contribution in [0.1, 0.15) is 72.6 Å². The molecule has 0 aromatic heterocycles. The molecule has 0 heterocycles. The molecule has 3 fully saturated rings. The predicted octanol–water partition coefficient (Wildman–Crippen LogP) is 5.19. The Morgan fingerprint density at radius 1 is 1.19 bits per heavy atom. The van der Waals surface area contributed by atoms with Gasteiger partial charge < -0.3 is 4.74 Å². The zero-order valence-corrected chi connectivity index (χ0v) is 17.5. The standard InChI is InChI=1S/C24H36O3/c1-15(14-27-16(2)25)18-8-9-19-17-13-22(26)21-7-5-6-11-23(21,3)20(17)10-12-24(18,19)4/h5-6,15,17-21H,7-14H2,1-4H3/t15-,17+,18-,19+,20+,21-,23-,24-/m1/s1. The minimum atomic E-state index is -0.174. The van der Waals surface area contributed by atoms with E-state index in [1.54, 1.807) is 0 Å². The Hall–Kier alpha value is -1.12. The highest BCUT2D eigenvalue weighted by Crippen LogP contribution is 2.67. The summed E-state index contributed by atoms with van der Waals surface area (Å²) in [4.78, 5) is 24.3. The van der Waals surface area contributed by atoms with E-state index in [2.05, 4.69) is 32.9 Å². The van der Waals surface area contributed by atoms with Crippen molar-refractivity contribution in [2.45, 2.75) is 72.6 Å². The first-order valence-electron chi connectivity index (χ1n) is 11.1. The molecule has 0 N–H and O–H groups in total. The lowest BCUT2D eigenvalue weighted by Gasteiger charge is -2.59. The summed E-state index contributed by atoms with van der Waals surface area (Å²) in [5.74, 6) is 3.55. The fourth-order valence-corrected chi connectivity index (χ4v) is 8.00. The first kappa shape index (κ1) is 19.2. The van der Waals surface area contributed by atoms with E-state index in [9.17, 15) is 9.59 Å². The molecule has 3 heteroatoms. The first-order valence-corrected chi connectivity index (χ1v) is 11.1. The highest BCUT2D eigenvalue weighted by Gasteiger charge is 2.61. The van der Waals surface area contributed by atoms with Crippen LogP contribution in [0.3, 0.4) is 0 Å². The van der Waals surface area contributed by atoms with E-state index >= 15 is 0 Å². The van der Waals surface area contributed by atoms with Crippen molar-refractivity contribution >= 4 is 11.8 Å². The third-order valence-corrected chi connectivity index (χ3v) is 9.31. The molecule has 4 aliphatic rings. The summed E-state index contributed by atoms with van der Waals surface area (Å²) in [6.07, 6.45) is 12.4. The Balaban J connectivity index is 1.57. The van der Waals surface area contributed by atoms with Gasteiger partial charge in [0.15, 0.2) is 0 Å². The number of allylic oxidation sites excluding steroid dienone is 2. The fraction of sp³-hybridized carbons (Fsp3) is 0.833. The highest BCUT2D eigenvalue weighted by molar-refractivity contribution is 5.83. The SMILES string of the molecule is CC(=O)OC[C@@H](C)[C@H]1CC[C@H]2[C@@H]3CC(=O)[C@H]4CC=CC[C@]4(C)[C@H]3CC[C@]12C. The molecule has 3 nitrogen and oxygen atoms in total. The van der Waals surface area contributed by atoms with Crippen LogP contribution < -0.4 is 0 Å². The van der Waals surface area contributed by atoms with Crippen molar-refractivity contribution in [2.75, 3.05) is 6.61 Å². The van der Waals surface area contributed by atoms with Crippen LogP contribution in [0.25, 0.3) is 0 Å². The predicted molar refractivity (Wildman–Crippen MR) is 106 cm³/mol. The van der Waals surface area contributed by atoms with E-state index in [1.807, 2.05) is 0 Å². The van der Waals surface area contributed by atoms with Gasteiger partial charge in [-0.1, -0.05) is 32.9 Å². The van der Waals surface area contributed by atoms with Crippen molar-refractivity contribution in [1.82, 2.24) is 0 Å². The quantitative estimate of drug-likeness (QED) is 0.506. The smallest absolute Gasteiger partial charge is 0.302 e. The van der Waals surface area contributed by atoms with Crippen molar-refractivity contribution in [3.8, 4) is 0 Å². The Bertz CT molecular complexity index is 652. The second-order valence-corrected chi connectivity index (χ2v) is 10.5. The topological polar surface area (TPSA) is 43.4 Å². The van der Waals surface area contributed by atoms with Crippen LogP contribution in [0.4, 0.5) is 0 Å². The summed E-state index contributed by atoms with van der Waals surface area (Å²) in [6, 6.07) is 0. The normalized spacial score (nSPS) is 47.0. The van der Waals surface area contributed by atoms with Gasteiger partial charge in [0.2, 0.25) is 0 Å². The van der Waals surface area contributed by atoms with E-state index in [4.69, 9.17) is 4.74 Å². The third-order valence-electron chi connectivity index (χ3n) is 9.31. The molecule has 150 valence electrons.